The first kappa shape index (κ1) is 21.2. The number of carbonyl (C=O) groups is 2. The van der Waals surface area contributed by atoms with Crippen molar-refractivity contribution in [2.45, 2.75) is 44.1 Å². The number of hydrogen-bond acceptors (Lipinski definition) is 5. The molecule has 0 aromatic heterocycles. The molecule has 1 saturated heterocycles. The summed E-state index contributed by atoms with van der Waals surface area (Å²) in [5.41, 5.74) is 1.80. The number of aryl methyl sites for hydroxylation is 1. The molecule has 1 aliphatic rings. The van der Waals surface area contributed by atoms with Crippen LogP contribution >= 0.6 is 0 Å². The number of hydrogen-bond donors (Lipinski definition) is 0. The van der Waals surface area contributed by atoms with Crippen molar-refractivity contribution in [3.05, 3.63) is 65.2 Å². The van der Waals surface area contributed by atoms with Gasteiger partial charge in [-0.25, -0.2) is 13.2 Å². The lowest BCUT2D eigenvalue weighted by Gasteiger charge is -2.16. The van der Waals surface area contributed by atoms with Gasteiger partial charge in [-0.2, -0.15) is 4.31 Å². The van der Waals surface area contributed by atoms with Crippen LogP contribution in [0.15, 0.2) is 53.4 Å². The largest absolute Gasteiger partial charge is 0.451 e. The molecule has 6 nitrogen and oxygen atoms in total. The van der Waals surface area contributed by atoms with Crippen molar-refractivity contribution in [1.82, 2.24) is 4.31 Å². The van der Waals surface area contributed by atoms with E-state index in [0.717, 1.165) is 24.8 Å². The standard InChI is InChI=1S/C22H25NO5S/c1-3-17-6-8-18(9-7-17)21(24)16(2)28-22(25)19-10-12-20(13-11-19)29(26,27)23-14-4-5-15-23/h6-13,16H,3-5,14-15H2,1-2H3. The molecular weight excluding hydrogens is 390 g/mol. The highest BCUT2D eigenvalue weighted by molar-refractivity contribution is 7.89. The van der Waals surface area contributed by atoms with Crippen molar-refractivity contribution in [1.29, 1.82) is 0 Å². The van der Waals surface area contributed by atoms with Crippen LogP contribution in [0.5, 0.6) is 0 Å². The van der Waals surface area contributed by atoms with E-state index in [1.54, 1.807) is 12.1 Å². The van der Waals surface area contributed by atoms with E-state index in [4.69, 9.17) is 4.74 Å². The van der Waals surface area contributed by atoms with Gasteiger partial charge in [-0.05, 0) is 56.0 Å². The third-order valence-corrected chi connectivity index (χ3v) is 7.01. The summed E-state index contributed by atoms with van der Waals surface area (Å²) in [7, 11) is -3.53. The van der Waals surface area contributed by atoms with Crippen LogP contribution < -0.4 is 0 Å². The van der Waals surface area contributed by atoms with Gasteiger partial charge in [0.05, 0.1) is 10.5 Å². The van der Waals surface area contributed by atoms with Crippen molar-refractivity contribution >= 4 is 21.8 Å². The highest BCUT2D eigenvalue weighted by atomic mass is 32.2. The lowest BCUT2D eigenvalue weighted by Crippen LogP contribution is -2.28. The van der Waals surface area contributed by atoms with E-state index < -0.39 is 22.1 Å². The number of ketones is 1. The first-order valence-electron chi connectivity index (χ1n) is 9.77. The van der Waals surface area contributed by atoms with Gasteiger partial charge < -0.3 is 4.74 Å². The first-order valence-corrected chi connectivity index (χ1v) is 11.2. The van der Waals surface area contributed by atoms with Crippen LogP contribution in [-0.4, -0.2) is 43.7 Å². The molecule has 0 bridgehead atoms. The second kappa shape index (κ2) is 8.88. The Morgan fingerprint density at radius 3 is 2.07 bits per heavy atom. The molecule has 0 aliphatic carbocycles. The molecule has 2 aromatic rings. The maximum Gasteiger partial charge on any atom is 0.338 e. The highest BCUT2D eigenvalue weighted by Crippen LogP contribution is 2.21. The van der Waals surface area contributed by atoms with E-state index in [1.807, 2.05) is 19.1 Å². The van der Waals surface area contributed by atoms with E-state index in [9.17, 15) is 18.0 Å². The third kappa shape index (κ3) is 4.74. The molecule has 29 heavy (non-hydrogen) atoms. The van der Waals surface area contributed by atoms with Crippen molar-refractivity contribution in [2.24, 2.45) is 0 Å². The molecule has 0 N–H and O–H groups in total. The molecule has 0 spiro atoms. The second-order valence-corrected chi connectivity index (χ2v) is 9.04. The summed E-state index contributed by atoms with van der Waals surface area (Å²) in [6.45, 7) is 4.60. The van der Waals surface area contributed by atoms with Crippen molar-refractivity contribution in [3.63, 3.8) is 0 Å². The topological polar surface area (TPSA) is 80.8 Å². The molecule has 1 unspecified atom stereocenters. The minimum Gasteiger partial charge on any atom is -0.451 e. The minimum absolute atomic E-state index is 0.149. The molecule has 154 valence electrons. The van der Waals surface area contributed by atoms with Gasteiger partial charge in [-0.1, -0.05) is 31.2 Å². The number of nitrogens with zero attached hydrogens (tertiary/aromatic N) is 1. The number of Topliss-reactive ketones (excluding diaryl/α,β-unsaturated/α-hetero) is 1. The Balaban J connectivity index is 1.66. The predicted octanol–water partition coefficient (Wildman–Crippen LogP) is 3.46. The monoisotopic (exact) mass is 415 g/mol. The zero-order valence-corrected chi connectivity index (χ0v) is 17.4. The number of carbonyl (C=O) groups excluding carboxylic acids is 2. The number of rotatable bonds is 7. The Labute approximate surface area is 171 Å². The van der Waals surface area contributed by atoms with Crippen molar-refractivity contribution in [3.8, 4) is 0 Å². The van der Waals surface area contributed by atoms with Gasteiger partial charge in [-0.15, -0.1) is 0 Å². The number of sulfonamides is 1. The molecule has 1 atom stereocenters. The van der Waals surface area contributed by atoms with Crippen LogP contribution in [0.3, 0.4) is 0 Å². The van der Waals surface area contributed by atoms with Crippen LogP contribution in [0.2, 0.25) is 0 Å². The van der Waals surface area contributed by atoms with E-state index >= 15 is 0 Å². The molecule has 3 rings (SSSR count). The first-order chi connectivity index (χ1) is 13.8. The van der Waals surface area contributed by atoms with E-state index in [0.29, 0.717) is 18.7 Å². The summed E-state index contributed by atoms with van der Waals surface area (Å²) in [5.74, 6) is -0.949. The van der Waals surface area contributed by atoms with Gasteiger partial charge in [0, 0.05) is 18.7 Å². The van der Waals surface area contributed by atoms with Crippen LogP contribution in [-0.2, 0) is 21.2 Å². The average molecular weight is 416 g/mol. The molecule has 0 radical (unpaired) electrons. The number of ether oxygens (including phenoxy) is 1. The maximum absolute atomic E-state index is 12.6. The molecule has 0 amide bonds. The van der Waals surface area contributed by atoms with Crippen molar-refractivity contribution < 1.29 is 22.7 Å². The van der Waals surface area contributed by atoms with Gasteiger partial charge in [0.15, 0.2) is 6.10 Å². The molecule has 0 saturated carbocycles. The molecular formula is C22H25NO5S. The fourth-order valence-electron chi connectivity index (χ4n) is 3.26. The van der Waals surface area contributed by atoms with Gasteiger partial charge in [-0.3, -0.25) is 4.79 Å². The number of esters is 1. The molecule has 1 heterocycles. The van der Waals surface area contributed by atoms with E-state index in [1.165, 1.54) is 35.5 Å². The van der Waals surface area contributed by atoms with Crippen LogP contribution in [0.4, 0.5) is 0 Å². The van der Waals surface area contributed by atoms with Gasteiger partial charge in [0.2, 0.25) is 15.8 Å². The third-order valence-electron chi connectivity index (χ3n) is 5.09. The molecule has 1 aliphatic heterocycles. The van der Waals surface area contributed by atoms with Crippen LogP contribution in [0, 0.1) is 0 Å². The lowest BCUT2D eigenvalue weighted by atomic mass is 10.0. The Morgan fingerprint density at radius 2 is 1.52 bits per heavy atom. The van der Waals surface area contributed by atoms with Gasteiger partial charge in [0.1, 0.15) is 0 Å². The highest BCUT2D eigenvalue weighted by Gasteiger charge is 2.27. The van der Waals surface area contributed by atoms with Crippen molar-refractivity contribution in [2.75, 3.05) is 13.1 Å². The Kier molecular flexibility index (Phi) is 6.49. The minimum atomic E-state index is -3.53. The summed E-state index contributed by atoms with van der Waals surface area (Å²) >= 11 is 0. The molecule has 2 aromatic carbocycles. The summed E-state index contributed by atoms with van der Waals surface area (Å²) in [6.07, 6.45) is 1.65. The quantitative estimate of drug-likeness (QED) is 0.511. The summed E-state index contributed by atoms with van der Waals surface area (Å²) in [6, 6.07) is 12.8. The Morgan fingerprint density at radius 1 is 0.966 bits per heavy atom. The Hall–Kier alpha value is -2.51. The summed E-state index contributed by atoms with van der Waals surface area (Å²) in [4.78, 5) is 25.0. The Bertz CT molecular complexity index is 975. The smallest absolute Gasteiger partial charge is 0.338 e. The van der Waals surface area contributed by atoms with E-state index in [-0.39, 0.29) is 16.2 Å². The zero-order valence-electron chi connectivity index (χ0n) is 16.6. The summed E-state index contributed by atoms with van der Waals surface area (Å²) in [5, 5.41) is 0. The number of benzene rings is 2. The summed E-state index contributed by atoms with van der Waals surface area (Å²) < 4.78 is 31.8. The molecule has 7 heteroatoms. The molecule has 1 fully saturated rings. The van der Waals surface area contributed by atoms with Gasteiger partial charge in [0.25, 0.3) is 0 Å². The SMILES string of the molecule is CCc1ccc(C(=O)C(C)OC(=O)c2ccc(S(=O)(=O)N3CCCC3)cc2)cc1. The van der Waals surface area contributed by atoms with Crippen LogP contribution in [0.1, 0.15) is 53.0 Å². The van der Waals surface area contributed by atoms with E-state index in [2.05, 4.69) is 0 Å². The zero-order chi connectivity index (χ0) is 21.0. The predicted molar refractivity (Wildman–Crippen MR) is 109 cm³/mol. The fourth-order valence-corrected chi connectivity index (χ4v) is 4.78. The van der Waals surface area contributed by atoms with Gasteiger partial charge >= 0.3 is 5.97 Å². The fraction of sp³-hybridized carbons (Fsp3) is 0.364. The average Bonchev–Trinajstić information content (AvgIpc) is 3.29. The second-order valence-electron chi connectivity index (χ2n) is 7.10. The maximum atomic E-state index is 12.6. The lowest BCUT2D eigenvalue weighted by molar-refractivity contribution is 0.0318. The van der Waals surface area contributed by atoms with Crippen LogP contribution in [0.25, 0.3) is 0 Å². The normalized spacial score (nSPS) is 15.8.